The van der Waals surface area contributed by atoms with Crippen molar-refractivity contribution in [3.63, 3.8) is 0 Å². The maximum absolute atomic E-state index is 9.91. The van der Waals surface area contributed by atoms with Gasteiger partial charge in [0.1, 0.15) is 0 Å². The number of rotatable bonds is 3. The van der Waals surface area contributed by atoms with Crippen molar-refractivity contribution in [2.45, 2.75) is 6.92 Å². The third-order valence-electron chi connectivity index (χ3n) is 0.402. The summed E-state index contributed by atoms with van der Waals surface area (Å²) < 4.78 is 0. The Morgan fingerprint density at radius 2 is 2.50 bits per heavy atom. The molecule has 0 saturated carbocycles. The van der Waals surface area contributed by atoms with Crippen LogP contribution in [-0.2, 0) is 14.4 Å². The van der Waals surface area contributed by atoms with E-state index >= 15 is 0 Å². The largest absolute Gasteiger partial charge is 0.319 e. The molecule has 1 radical (unpaired) electrons. The van der Waals surface area contributed by atoms with Crippen molar-refractivity contribution < 1.29 is 14.4 Å². The smallest absolute Gasteiger partial charge is 0.279 e. The number of carbonyl (C=O) groups is 1. The van der Waals surface area contributed by atoms with Crippen LogP contribution in [0.2, 0.25) is 0 Å². The van der Waals surface area contributed by atoms with E-state index in [0.29, 0.717) is 6.61 Å². The highest BCUT2D eigenvalue weighted by atomic mass is 16.6. The number of hydroxylamine groups is 1. The fraction of sp³-hybridized carbons (Fsp3) is 0.500. The molecule has 0 atom stereocenters. The van der Waals surface area contributed by atoms with Crippen LogP contribution in [0.3, 0.4) is 0 Å². The van der Waals surface area contributed by atoms with Gasteiger partial charge in [0, 0.05) is 0 Å². The summed E-state index contributed by atoms with van der Waals surface area (Å²) in [6.07, 6.45) is 1.07. The van der Waals surface area contributed by atoms with Crippen molar-refractivity contribution in [3.05, 3.63) is 0 Å². The van der Waals surface area contributed by atoms with Crippen LogP contribution in [0.1, 0.15) is 6.92 Å². The Hall–Kier alpha value is -0.900. The molecule has 0 aliphatic rings. The van der Waals surface area contributed by atoms with Gasteiger partial charge in [-0.1, -0.05) is 0 Å². The standard InChI is InChI=1S/C4H6NO3/c1-2-8-5-4(7)3-6/h2H2,1H3,(H,5,7). The molecule has 0 heterocycles. The van der Waals surface area contributed by atoms with Gasteiger partial charge in [-0.3, -0.25) is 14.4 Å². The van der Waals surface area contributed by atoms with E-state index in [1.807, 2.05) is 5.48 Å². The van der Waals surface area contributed by atoms with Gasteiger partial charge in [0.25, 0.3) is 6.29 Å². The third-order valence-corrected chi connectivity index (χ3v) is 0.402. The lowest BCUT2D eigenvalue weighted by Crippen LogP contribution is -2.23. The first-order chi connectivity index (χ1) is 3.81. The van der Waals surface area contributed by atoms with Crippen molar-refractivity contribution in [3.8, 4) is 0 Å². The minimum Gasteiger partial charge on any atom is -0.279 e. The predicted molar refractivity (Wildman–Crippen MR) is 25.5 cm³/mol. The third kappa shape index (κ3) is 3.30. The fourth-order valence-corrected chi connectivity index (χ4v) is 0.159. The Morgan fingerprint density at radius 1 is 1.88 bits per heavy atom. The van der Waals surface area contributed by atoms with E-state index in [0.717, 1.165) is 6.29 Å². The van der Waals surface area contributed by atoms with Crippen molar-refractivity contribution in [1.29, 1.82) is 0 Å². The predicted octanol–water partition coefficient (Wildman–Crippen LogP) is -0.836. The summed E-state index contributed by atoms with van der Waals surface area (Å²) in [4.78, 5) is 23.6. The molecule has 8 heavy (non-hydrogen) atoms. The van der Waals surface area contributed by atoms with E-state index in [2.05, 4.69) is 4.84 Å². The summed E-state index contributed by atoms with van der Waals surface area (Å²) in [5, 5.41) is 0. The molecule has 4 nitrogen and oxygen atoms in total. The molecular weight excluding hydrogens is 110 g/mol. The highest BCUT2D eigenvalue weighted by Gasteiger charge is 1.94. The number of hydrogen-bond donors (Lipinski definition) is 1. The average Bonchev–Trinajstić information content (AvgIpc) is 1.83. The lowest BCUT2D eigenvalue weighted by molar-refractivity contribution is -0.126. The lowest BCUT2D eigenvalue weighted by Gasteiger charge is -1.94. The zero-order valence-corrected chi connectivity index (χ0v) is 4.43. The van der Waals surface area contributed by atoms with Crippen LogP contribution in [0.5, 0.6) is 0 Å². The zero-order chi connectivity index (χ0) is 6.41. The van der Waals surface area contributed by atoms with Crippen molar-refractivity contribution in [1.82, 2.24) is 5.48 Å². The minimum absolute atomic E-state index is 0.341. The van der Waals surface area contributed by atoms with Crippen LogP contribution < -0.4 is 5.48 Å². The van der Waals surface area contributed by atoms with E-state index in [1.165, 1.54) is 0 Å². The molecule has 0 aliphatic heterocycles. The molecule has 0 spiro atoms. The summed E-state index contributed by atoms with van der Waals surface area (Å²) in [6.45, 7) is 2.03. The first-order valence-electron chi connectivity index (χ1n) is 2.11. The SMILES string of the molecule is CCONC(=O)[C]=O. The molecule has 0 unspecified atom stereocenters. The Labute approximate surface area is 46.8 Å². The van der Waals surface area contributed by atoms with E-state index < -0.39 is 5.91 Å². The first-order valence-corrected chi connectivity index (χ1v) is 2.11. The van der Waals surface area contributed by atoms with Crippen LogP contribution in [0.4, 0.5) is 0 Å². The van der Waals surface area contributed by atoms with E-state index in [1.54, 1.807) is 6.92 Å². The molecule has 0 fully saturated rings. The van der Waals surface area contributed by atoms with Gasteiger partial charge in [0.15, 0.2) is 0 Å². The molecule has 1 N–H and O–H groups in total. The minimum atomic E-state index is -0.883. The molecule has 0 aliphatic carbocycles. The summed E-state index contributed by atoms with van der Waals surface area (Å²) >= 11 is 0. The van der Waals surface area contributed by atoms with Gasteiger partial charge in [-0.05, 0) is 6.92 Å². The molecular formula is C4H6NO3. The summed E-state index contributed by atoms with van der Waals surface area (Å²) in [5.74, 6) is -0.883. The van der Waals surface area contributed by atoms with Gasteiger partial charge in [0.05, 0.1) is 6.61 Å². The van der Waals surface area contributed by atoms with Gasteiger partial charge in [-0.15, -0.1) is 0 Å². The maximum atomic E-state index is 9.91. The van der Waals surface area contributed by atoms with Crippen LogP contribution in [0, 0.1) is 0 Å². The van der Waals surface area contributed by atoms with Crippen molar-refractivity contribution >= 4 is 12.2 Å². The number of hydrogen-bond acceptors (Lipinski definition) is 3. The lowest BCUT2D eigenvalue weighted by atomic mass is 10.7. The topological polar surface area (TPSA) is 55.4 Å². The molecule has 45 valence electrons. The second-order valence-corrected chi connectivity index (χ2v) is 0.966. The van der Waals surface area contributed by atoms with Crippen LogP contribution in [0.15, 0.2) is 0 Å². The molecule has 0 bridgehead atoms. The van der Waals surface area contributed by atoms with Gasteiger partial charge in [-0.25, -0.2) is 5.48 Å². The van der Waals surface area contributed by atoms with Gasteiger partial charge in [-0.2, -0.15) is 0 Å². The number of nitrogens with one attached hydrogen (secondary N) is 1. The number of carbonyl (C=O) groups excluding carboxylic acids is 2. The first kappa shape index (κ1) is 7.10. The molecule has 4 heteroatoms. The highest BCUT2D eigenvalue weighted by molar-refractivity contribution is 6.23. The van der Waals surface area contributed by atoms with Crippen LogP contribution in [0.25, 0.3) is 0 Å². The van der Waals surface area contributed by atoms with E-state index in [4.69, 9.17) is 0 Å². The fourth-order valence-electron chi connectivity index (χ4n) is 0.159. The Bertz CT molecular complexity index is 91.3. The van der Waals surface area contributed by atoms with Gasteiger partial charge < -0.3 is 0 Å². The Morgan fingerprint density at radius 3 is 2.88 bits per heavy atom. The van der Waals surface area contributed by atoms with Crippen molar-refractivity contribution in [2.24, 2.45) is 0 Å². The summed E-state index contributed by atoms with van der Waals surface area (Å²) in [7, 11) is 0. The Kier molecular flexibility index (Phi) is 3.78. The second-order valence-electron chi connectivity index (χ2n) is 0.966. The van der Waals surface area contributed by atoms with Crippen LogP contribution in [-0.4, -0.2) is 18.8 Å². The average molecular weight is 116 g/mol. The normalized spacial score (nSPS) is 8.12. The van der Waals surface area contributed by atoms with Gasteiger partial charge in [0.2, 0.25) is 0 Å². The summed E-state index contributed by atoms with van der Waals surface area (Å²) in [6, 6.07) is 0. The van der Waals surface area contributed by atoms with Gasteiger partial charge >= 0.3 is 5.91 Å². The molecule has 0 aromatic rings. The second kappa shape index (κ2) is 4.26. The molecule has 0 saturated heterocycles. The van der Waals surface area contributed by atoms with Crippen molar-refractivity contribution in [2.75, 3.05) is 6.61 Å². The van der Waals surface area contributed by atoms with E-state index in [-0.39, 0.29) is 0 Å². The molecule has 0 aromatic heterocycles. The monoisotopic (exact) mass is 116 g/mol. The van der Waals surface area contributed by atoms with E-state index in [9.17, 15) is 9.59 Å². The summed E-state index contributed by atoms with van der Waals surface area (Å²) in [5.41, 5.74) is 1.82. The molecule has 0 aromatic carbocycles. The maximum Gasteiger partial charge on any atom is 0.319 e. The molecule has 0 rings (SSSR count). The molecule has 1 amide bonds. The highest BCUT2D eigenvalue weighted by Crippen LogP contribution is 1.61. The zero-order valence-electron chi connectivity index (χ0n) is 4.43. The quantitative estimate of drug-likeness (QED) is 0.386. The van der Waals surface area contributed by atoms with Crippen LogP contribution >= 0.6 is 0 Å². The number of amides is 1. The Balaban J connectivity index is 3.11.